The van der Waals surface area contributed by atoms with Crippen LogP contribution in [0.1, 0.15) is 12.8 Å². The van der Waals surface area contributed by atoms with E-state index in [-0.39, 0.29) is 25.0 Å². The topological polar surface area (TPSA) is 82.1 Å². The van der Waals surface area contributed by atoms with E-state index in [2.05, 4.69) is 6.58 Å². The van der Waals surface area contributed by atoms with E-state index in [4.69, 9.17) is 14.2 Å². The SMILES string of the molecule is C=CC(=O)OCCOC1C2CC3CC2COC31C(=O)O. The zero-order valence-corrected chi connectivity index (χ0v) is 11.1. The van der Waals surface area contributed by atoms with Gasteiger partial charge in [0.1, 0.15) is 12.7 Å². The maximum Gasteiger partial charge on any atom is 0.339 e. The maximum atomic E-state index is 11.7. The molecule has 0 spiro atoms. The zero-order valence-electron chi connectivity index (χ0n) is 11.1. The van der Waals surface area contributed by atoms with E-state index in [0.717, 1.165) is 18.9 Å². The molecule has 4 rings (SSSR count). The zero-order chi connectivity index (χ0) is 14.3. The molecule has 5 atom stereocenters. The normalized spacial score (nSPS) is 40.8. The molecule has 4 bridgehead atoms. The fraction of sp³-hybridized carbons (Fsp3) is 0.714. The number of hydrogen-bond acceptors (Lipinski definition) is 5. The van der Waals surface area contributed by atoms with Crippen molar-refractivity contribution in [3.05, 3.63) is 12.7 Å². The van der Waals surface area contributed by atoms with Gasteiger partial charge in [0.25, 0.3) is 0 Å². The van der Waals surface area contributed by atoms with Gasteiger partial charge in [0.2, 0.25) is 0 Å². The quantitative estimate of drug-likeness (QED) is 0.437. The Labute approximate surface area is 116 Å². The number of carbonyl (C=O) groups excluding carboxylic acids is 1. The second kappa shape index (κ2) is 4.86. The average molecular weight is 282 g/mol. The summed E-state index contributed by atoms with van der Waals surface area (Å²) in [5, 5.41) is 9.56. The lowest BCUT2D eigenvalue weighted by molar-refractivity contribution is -0.238. The standard InChI is InChI=1S/C14H18O6/c1-2-11(15)18-3-4-19-12-10-6-9-5-8(10)7-20-14(9,12)13(16)17/h2,8-10,12H,1,3-7H2,(H,16,17). The van der Waals surface area contributed by atoms with Crippen LogP contribution in [-0.4, -0.2) is 48.6 Å². The predicted molar refractivity (Wildman–Crippen MR) is 66.9 cm³/mol. The van der Waals surface area contributed by atoms with Gasteiger partial charge < -0.3 is 19.3 Å². The molecule has 0 aromatic carbocycles. The van der Waals surface area contributed by atoms with Crippen LogP contribution in [0, 0.1) is 17.8 Å². The highest BCUT2D eigenvalue weighted by molar-refractivity contribution is 5.81. The van der Waals surface area contributed by atoms with E-state index in [1.165, 1.54) is 0 Å². The van der Waals surface area contributed by atoms with Crippen LogP contribution in [0.2, 0.25) is 0 Å². The van der Waals surface area contributed by atoms with E-state index >= 15 is 0 Å². The fourth-order valence-corrected chi connectivity index (χ4v) is 4.05. The third-order valence-electron chi connectivity index (χ3n) is 4.83. The van der Waals surface area contributed by atoms with Crippen LogP contribution in [0.3, 0.4) is 0 Å². The molecule has 2 saturated heterocycles. The molecular formula is C14H18O6. The van der Waals surface area contributed by atoms with Crippen LogP contribution < -0.4 is 0 Å². The molecular weight excluding hydrogens is 264 g/mol. The largest absolute Gasteiger partial charge is 0.479 e. The number of ether oxygens (including phenoxy) is 3. The third kappa shape index (κ3) is 1.78. The highest BCUT2D eigenvalue weighted by atomic mass is 16.6. The molecule has 2 saturated carbocycles. The number of fused-ring (bicyclic) bond motifs is 1. The van der Waals surface area contributed by atoms with E-state index in [1.54, 1.807) is 0 Å². The molecule has 0 radical (unpaired) electrons. The van der Waals surface area contributed by atoms with Gasteiger partial charge in [0.05, 0.1) is 13.2 Å². The first-order valence-electron chi connectivity index (χ1n) is 6.87. The third-order valence-corrected chi connectivity index (χ3v) is 4.83. The number of aliphatic carboxylic acids is 1. The summed E-state index contributed by atoms with van der Waals surface area (Å²) >= 11 is 0. The number of hydrogen-bond donors (Lipinski definition) is 1. The van der Waals surface area contributed by atoms with Crippen molar-refractivity contribution < 1.29 is 28.9 Å². The van der Waals surface area contributed by atoms with Crippen molar-refractivity contribution in [1.29, 1.82) is 0 Å². The molecule has 5 unspecified atom stereocenters. The Kier molecular flexibility index (Phi) is 3.30. The summed E-state index contributed by atoms with van der Waals surface area (Å²) in [6.45, 7) is 4.09. The number of carbonyl (C=O) groups is 2. The molecule has 20 heavy (non-hydrogen) atoms. The van der Waals surface area contributed by atoms with Crippen molar-refractivity contribution in [1.82, 2.24) is 0 Å². The predicted octanol–water partition coefficient (Wildman–Crippen LogP) is 0.610. The Morgan fingerprint density at radius 3 is 2.90 bits per heavy atom. The number of rotatable bonds is 6. The Balaban J connectivity index is 1.63. The monoisotopic (exact) mass is 282 g/mol. The average Bonchev–Trinajstić information content (AvgIpc) is 2.95. The fourth-order valence-electron chi connectivity index (χ4n) is 4.05. The van der Waals surface area contributed by atoms with Gasteiger partial charge in [0, 0.05) is 12.0 Å². The first-order valence-corrected chi connectivity index (χ1v) is 6.87. The number of carboxylic acids is 1. The van der Waals surface area contributed by atoms with Gasteiger partial charge in [-0.3, -0.25) is 0 Å². The Bertz CT molecular complexity index is 447. The minimum absolute atomic E-state index is 0.0458. The van der Waals surface area contributed by atoms with Gasteiger partial charge in [-0.05, 0) is 24.7 Å². The van der Waals surface area contributed by atoms with Gasteiger partial charge >= 0.3 is 11.9 Å². The van der Waals surface area contributed by atoms with Gasteiger partial charge in [-0.2, -0.15) is 0 Å². The van der Waals surface area contributed by atoms with Crippen LogP contribution in [0.15, 0.2) is 12.7 Å². The van der Waals surface area contributed by atoms with Crippen molar-refractivity contribution in [2.75, 3.05) is 19.8 Å². The van der Waals surface area contributed by atoms with Crippen LogP contribution in [0.25, 0.3) is 0 Å². The first kappa shape index (κ1) is 13.6. The molecule has 0 aromatic heterocycles. The molecule has 4 fully saturated rings. The molecule has 2 aliphatic carbocycles. The summed E-state index contributed by atoms with van der Waals surface area (Å²) < 4.78 is 16.2. The van der Waals surface area contributed by atoms with Crippen LogP contribution in [0.4, 0.5) is 0 Å². The van der Waals surface area contributed by atoms with E-state index in [0.29, 0.717) is 12.5 Å². The van der Waals surface area contributed by atoms with E-state index in [1.807, 2.05) is 0 Å². The molecule has 1 N–H and O–H groups in total. The summed E-state index contributed by atoms with van der Waals surface area (Å²) in [6, 6.07) is 0. The van der Waals surface area contributed by atoms with Crippen molar-refractivity contribution in [3.8, 4) is 0 Å². The summed E-state index contributed by atoms with van der Waals surface area (Å²) in [7, 11) is 0. The Hall–Kier alpha value is -1.40. The van der Waals surface area contributed by atoms with Crippen LogP contribution >= 0.6 is 0 Å². The van der Waals surface area contributed by atoms with Crippen molar-refractivity contribution in [3.63, 3.8) is 0 Å². The molecule has 2 aliphatic heterocycles. The van der Waals surface area contributed by atoms with Crippen LogP contribution in [-0.2, 0) is 23.8 Å². The maximum absolute atomic E-state index is 11.7. The van der Waals surface area contributed by atoms with Crippen molar-refractivity contribution >= 4 is 11.9 Å². The number of carboxylic acid groups (broad SMARTS) is 1. The molecule has 2 heterocycles. The van der Waals surface area contributed by atoms with E-state index in [9.17, 15) is 14.7 Å². The minimum atomic E-state index is -1.19. The lowest BCUT2D eigenvalue weighted by atomic mass is 9.73. The lowest BCUT2D eigenvalue weighted by Crippen LogP contribution is -2.63. The van der Waals surface area contributed by atoms with Gasteiger partial charge in [0.15, 0.2) is 5.60 Å². The van der Waals surface area contributed by atoms with Crippen LogP contribution in [0.5, 0.6) is 0 Å². The van der Waals surface area contributed by atoms with Crippen molar-refractivity contribution in [2.45, 2.75) is 24.5 Å². The second-order valence-corrected chi connectivity index (χ2v) is 5.66. The summed E-state index contributed by atoms with van der Waals surface area (Å²) in [5.41, 5.74) is -1.19. The number of esters is 1. The first-order chi connectivity index (χ1) is 9.59. The lowest BCUT2D eigenvalue weighted by Gasteiger charge is -2.48. The Morgan fingerprint density at radius 2 is 2.20 bits per heavy atom. The molecule has 110 valence electrons. The molecule has 6 heteroatoms. The molecule has 6 nitrogen and oxygen atoms in total. The van der Waals surface area contributed by atoms with Gasteiger partial charge in [-0.25, -0.2) is 9.59 Å². The van der Waals surface area contributed by atoms with Gasteiger partial charge in [-0.1, -0.05) is 6.58 Å². The highest BCUT2D eigenvalue weighted by Crippen LogP contribution is 2.60. The smallest absolute Gasteiger partial charge is 0.339 e. The summed E-state index contributed by atoms with van der Waals surface area (Å²) in [6.07, 6.45) is 2.43. The van der Waals surface area contributed by atoms with E-state index < -0.39 is 23.6 Å². The second-order valence-electron chi connectivity index (χ2n) is 5.66. The summed E-state index contributed by atoms with van der Waals surface area (Å²) in [4.78, 5) is 22.6. The summed E-state index contributed by atoms with van der Waals surface area (Å²) in [5.74, 6) is -0.741. The minimum Gasteiger partial charge on any atom is -0.479 e. The van der Waals surface area contributed by atoms with Gasteiger partial charge in [-0.15, -0.1) is 0 Å². The molecule has 0 amide bonds. The Morgan fingerprint density at radius 1 is 1.40 bits per heavy atom. The highest BCUT2D eigenvalue weighted by Gasteiger charge is 2.70. The molecule has 0 aromatic rings. The van der Waals surface area contributed by atoms with Crippen molar-refractivity contribution in [2.24, 2.45) is 17.8 Å². The molecule has 4 aliphatic rings.